The molecule has 0 radical (unpaired) electrons. The van der Waals surface area contributed by atoms with E-state index in [1.165, 1.54) is 12.1 Å². The summed E-state index contributed by atoms with van der Waals surface area (Å²) >= 11 is 0. The summed E-state index contributed by atoms with van der Waals surface area (Å²) in [5, 5.41) is 13.5. The van der Waals surface area contributed by atoms with Gasteiger partial charge in [-0.25, -0.2) is 18.4 Å². The molecule has 1 rings (SSSR count). The van der Waals surface area contributed by atoms with E-state index >= 15 is 0 Å². The van der Waals surface area contributed by atoms with E-state index < -0.39 is 22.6 Å². The third-order valence-corrected chi connectivity index (χ3v) is 3.29. The number of carboxylic acids is 1. The van der Waals surface area contributed by atoms with Crippen molar-refractivity contribution in [2.75, 3.05) is 6.61 Å². The van der Waals surface area contributed by atoms with Crippen molar-refractivity contribution >= 4 is 16.0 Å². The number of carbonyl (C=O) groups is 1. The highest BCUT2D eigenvalue weighted by Gasteiger charge is 2.16. The van der Waals surface area contributed by atoms with Gasteiger partial charge in [-0.2, -0.15) is 0 Å². The van der Waals surface area contributed by atoms with E-state index in [-0.39, 0.29) is 4.90 Å². The molecule has 1 aromatic carbocycles. The summed E-state index contributed by atoms with van der Waals surface area (Å²) < 4.78 is 27.6. The topological polar surface area (TPSA) is 107 Å². The van der Waals surface area contributed by atoms with Gasteiger partial charge < -0.3 is 9.84 Å². The second kappa shape index (κ2) is 4.72. The number of sulfonamides is 1. The van der Waals surface area contributed by atoms with E-state index in [1.54, 1.807) is 13.8 Å². The fourth-order valence-corrected chi connectivity index (χ4v) is 2.60. The maximum absolute atomic E-state index is 11.3. The Hall–Kier alpha value is -1.60. The summed E-state index contributed by atoms with van der Waals surface area (Å²) in [5.74, 6) is -0.800. The van der Waals surface area contributed by atoms with E-state index in [2.05, 4.69) is 0 Å². The van der Waals surface area contributed by atoms with Crippen LogP contribution in [-0.4, -0.2) is 26.1 Å². The predicted molar refractivity (Wildman–Crippen MR) is 60.4 cm³/mol. The van der Waals surface area contributed by atoms with E-state index in [9.17, 15) is 13.2 Å². The van der Waals surface area contributed by atoms with Crippen LogP contribution in [0.2, 0.25) is 0 Å². The van der Waals surface area contributed by atoms with Gasteiger partial charge in [0.25, 0.3) is 0 Å². The van der Waals surface area contributed by atoms with Gasteiger partial charge in [-0.15, -0.1) is 0 Å². The Morgan fingerprint density at radius 3 is 2.18 bits per heavy atom. The average Bonchev–Trinajstić information content (AvgIpc) is 2.11. The molecular weight excluding hydrogens is 246 g/mol. The molecule has 1 aromatic rings. The fourth-order valence-electron chi connectivity index (χ4n) is 1.59. The third-order valence-electron chi connectivity index (χ3n) is 2.08. The first-order valence-corrected chi connectivity index (χ1v) is 6.25. The first kappa shape index (κ1) is 13.5. The Labute approximate surface area is 99.1 Å². The van der Waals surface area contributed by atoms with Crippen LogP contribution in [0.25, 0.3) is 0 Å². The van der Waals surface area contributed by atoms with Crippen LogP contribution in [0.5, 0.6) is 5.75 Å². The zero-order chi connectivity index (χ0) is 13.2. The largest absolute Gasteiger partial charge is 0.482 e. The van der Waals surface area contributed by atoms with Crippen LogP contribution >= 0.6 is 0 Å². The number of ether oxygens (including phenoxy) is 1. The quantitative estimate of drug-likeness (QED) is 0.814. The minimum atomic E-state index is -3.78. The second-order valence-electron chi connectivity index (χ2n) is 3.61. The van der Waals surface area contributed by atoms with Crippen LogP contribution in [-0.2, 0) is 14.8 Å². The van der Waals surface area contributed by atoms with Crippen LogP contribution in [0.3, 0.4) is 0 Å². The molecule has 0 aliphatic carbocycles. The number of rotatable bonds is 4. The Balaban J connectivity index is 3.15. The van der Waals surface area contributed by atoms with E-state index in [1.807, 2.05) is 0 Å². The van der Waals surface area contributed by atoms with Gasteiger partial charge in [0.2, 0.25) is 10.0 Å². The van der Waals surface area contributed by atoms with Crippen LogP contribution in [0, 0.1) is 13.8 Å². The summed E-state index contributed by atoms with van der Waals surface area (Å²) in [4.78, 5) is 10.4. The van der Waals surface area contributed by atoms with Gasteiger partial charge in [-0.05, 0) is 37.1 Å². The highest BCUT2D eigenvalue weighted by Crippen LogP contribution is 2.24. The maximum atomic E-state index is 11.3. The molecule has 0 aromatic heterocycles. The van der Waals surface area contributed by atoms with E-state index in [4.69, 9.17) is 15.0 Å². The summed E-state index contributed by atoms with van der Waals surface area (Å²) in [6.07, 6.45) is 0. The number of aliphatic carboxylic acids is 1. The molecular formula is C10H13NO5S. The Morgan fingerprint density at radius 1 is 1.35 bits per heavy atom. The zero-order valence-corrected chi connectivity index (χ0v) is 10.2. The maximum Gasteiger partial charge on any atom is 0.341 e. The summed E-state index contributed by atoms with van der Waals surface area (Å²) in [6.45, 7) is 2.66. The van der Waals surface area contributed by atoms with Crippen molar-refractivity contribution in [1.82, 2.24) is 0 Å². The molecule has 0 spiro atoms. The minimum Gasteiger partial charge on any atom is -0.482 e. The van der Waals surface area contributed by atoms with Crippen molar-refractivity contribution in [2.24, 2.45) is 5.14 Å². The lowest BCUT2D eigenvalue weighted by molar-refractivity contribution is -0.139. The fraction of sp³-hybridized carbons (Fsp3) is 0.300. The number of nitrogens with two attached hydrogens (primary N) is 1. The van der Waals surface area contributed by atoms with Crippen LogP contribution in [0.15, 0.2) is 17.0 Å². The standard InChI is InChI=1S/C10H13NO5S/c1-6-3-8(16-5-9(12)13)4-7(2)10(6)17(11,14)15/h3-4H,5H2,1-2H3,(H,12,13)(H2,11,14,15). The molecule has 0 fully saturated rings. The first-order valence-electron chi connectivity index (χ1n) is 4.70. The van der Waals surface area contributed by atoms with Crippen molar-refractivity contribution in [3.63, 3.8) is 0 Å². The highest BCUT2D eigenvalue weighted by molar-refractivity contribution is 7.89. The van der Waals surface area contributed by atoms with Crippen molar-refractivity contribution < 1.29 is 23.1 Å². The molecule has 7 heteroatoms. The normalized spacial score (nSPS) is 11.2. The molecule has 0 amide bonds. The predicted octanol–water partition coefficient (Wildman–Crippen LogP) is 0.414. The Bertz CT molecular complexity index is 527. The van der Waals surface area contributed by atoms with E-state index in [0.29, 0.717) is 16.9 Å². The third kappa shape index (κ3) is 3.43. The zero-order valence-electron chi connectivity index (χ0n) is 9.43. The van der Waals surface area contributed by atoms with Crippen LogP contribution < -0.4 is 9.88 Å². The SMILES string of the molecule is Cc1cc(OCC(=O)O)cc(C)c1S(N)(=O)=O. The number of carboxylic acid groups (broad SMARTS) is 1. The lowest BCUT2D eigenvalue weighted by Crippen LogP contribution is -2.16. The van der Waals surface area contributed by atoms with Crippen molar-refractivity contribution in [1.29, 1.82) is 0 Å². The molecule has 94 valence electrons. The summed E-state index contributed by atoms with van der Waals surface area (Å²) in [7, 11) is -3.78. The lowest BCUT2D eigenvalue weighted by atomic mass is 10.1. The molecule has 0 saturated heterocycles. The molecule has 0 atom stereocenters. The van der Waals surface area contributed by atoms with Gasteiger partial charge in [0.15, 0.2) is 6.61 Å². The molecule has 0 aliphatic rings. The number of hydrogen-bond donors (Lipinski definition) is 2. The first-order chi connectivity index (χ1) is 7.71. The monoisotopic (exact) mass is 259 g/mol. The van der Waals surface area contributed by atoms with Gasteiger partial charge in [-0.1, -0.05) is 0 Å². The van der Waals surface area contributed by atoms with Crippen molar-refractivity contribution in [3.05, 3.63) is 23.3 Å². The highest BCUT2D eigenvalue weighted by atomic mass is 32.2. The van der Waals surface area contributed by atoms with E-state index in [0.717, 1.165) is 0 Å². The molecule has 0 aliphatic heterocycles. The molecule has 0 unspecified atom stereocenters. The van der Waals surface area contributed by atoms with Gasteiger partial charge in [0, 0.05) is 0 Å². The molecule has 0 heterocycles. The van der Waals surface area contributed by atoms with Crippen LogP contribution in [0.4, 0.5) is 0 Å². The van der Waals surface area contributed by atoms with Gasteiger partial charge in [-0.3, -0.25) is 0 Å². The Kier molecular flexibility index (Phi) is 3.74. The molecule has 0 bridgehead atoms. The number of aryl methyl sites for hydroxylation is 2. The summed E-state index contributed by atoms with van der Waals surface area (Å²) in [5.41, 5.74) is 0.848. The molecule has 17 heavy (non-hydrogen) atoms. The molecule has 3 N–H and O–H groups in total. The average molecular weight is 259 g/mol. The summed E-state index contributed by atoms with van der Waals surface area (Å²) in [6, 6.07) is 2.88. The van der Waals surface area contributed by atoms with Gasteiger partial charge in [0.05, 0.1) is 4.90 Å². The molecule has 6 nitrogen and oxygen atoms in total. The number of benzene rings is 1. The van der Waals surface area contributed by atoms with Gasteiger partial charge in [0.1, 0.15) is 5.75 Å². The van der Waals surface area contributed by atoms with Crippen molar-refractivity contribution in [2.45, 2.75) is 18.7 Å². The Morgan fingerprint density at radius 2 is 1.82 bits per heavy atom. The number of primary sulfonamides is 1. The minimum absolute atomic E-state index is 0.0418. The second-order valence-corrected chi connectivity index (χ2v) is 5.11. The smallest absolute Gasteiger partial charge is 0.341 e. The number of hydrogen-bond acceptors (Lipinski definition) is 4. The van der Waals surface area contributed by atoms with Crippen LogP contribution in [0.1, 0.15) is 11.1 Å². The lowest BCUT2D eigenvalue weighted by Gasteiger charge is -2.10. The van der Waals surface area contributed by atoms with Crippen molar-refractivity contribution in [3.8, 4) is 5.75 Å². The van der Waals surface area contributed by atoms with Gasteiger partial charge >= 0.3 is 5.97 Å². The molecule has 0 saturated carbocycles.